The number of nitrogens with one attached hydrogen (secondary N) is 1. The van der Waals surface area contributed by atoms with Crippen LogP contribution in [0.25, 0.3) is 0 Å². The van der Waals surface area contributed by atoms with Crippen molar-refractivity contribution in [3.8, 4) is 5.75 Å². The summed E-state index contributed by atoms with van der Waals surface area (Å²) in [6, 6.07) is 6.55. The normalized spacial score (nSPS) is 18.2. The Balaban J connectivity index is 1.74. The van der Waals surface area contributed by atoms with Crippen molar-refractivity contribution in [2.24, 2.45) is 0 Å². The predicted molar refractivity (Wildman–Crippen MR) is 103 cm³/mol. The molecular weight excluding hydrogens is 386 g/mol. The van der Waals surface area contributed by atoms with Crippen molar-refractivity contribution in [3.05, 3.63) is 40.3 Å². The lowest BCUT2D eigenvalue weighted by molar-refractivity contribution is -0.119. The number of sulfonamides is 1. The number of aromatic nitrogens is 1. The lowest BCUT2D eigenvalue weighted by Crippen LogP contribution is -2.39. The second kappa shape index (κ2) is 8.37. The number of hydrogen-bond acceptors (Lipinski definition) is 6. The molecule has 1 saturated heterocycles. The number of hydrogen-bond donors (Lipinski definition) is 1. The van der Waals surface area contributed by atoms with E-state index < -0.39 is 10.0 Å². The Morgan fingerprint density at radius 1 is 1.44 bits per heavy atom. The van der Waals surface area contributed by atoms with E-state index in [-0.39, 0.29) is 16.7 Å². The van der Waals surface area contributed by atoms with Crippen LogP contribution in [0.5, 0.6) is 5.75 Å². The van der Waals surface area contributed by atoms with Gasteiger partial charge in [-0.05, 0) is 25.0 Å². The second-order valence-electron chi connectivity index (χ2n) is 6.47. The molecule has 0 bridgehead atoms. The summed E-state index contributed by atoms with van der Waals surface area (Å²) in [4.78, 5) is 15.9. The summed E-state index contributed by atoms with van der Waals surface area (Å²) in [5.41, 5.74) is 0.804. The fourth-order valence-corrected chi connectivity index (χ4v) is 5.59. The highest BCUT2D eigenvalue weighted by atomic mass is 32.2. The standard InChI is InChI=1S/C18H23N3O4S2/c1-13(22)19-10-15-12-26-18(20-15)14-5-4-8-21(11-14)27(23,24)17-7-3-6-16(9-17)25-2/h3,6-7,9,12,14H,4-5,8,10-11H2,1-2H3,(H,19,22)/t14-/m0/s1. The van der Waals surface area contributed by atoms with Gasteiger partial charge < -0.3 is 10.1 Å². The van der Waals surface area contributed by atoms with Gasteiger partial charge in [-0.2, -0.15) is 4.31 Å². The molecule has 9 heteroatoms. The quantitative estimate of drug-likeness (QED) is 0.791. The molecular formula is C18H23N3O4S2. The molecule has 1 atom stereocenters. The zero-order valence-electron chi connectivity index (χ0n) is 15.3. The predicted octanol–water partition coefficient (Wildman–Crippen LogP) is 2.36. The van der Waals surface area contributed by atoms with Gasteiger partial charge in [0.25, 0.3) is 0 Å². The van der Waals surface area contributed by atoms with Crippen molar-refractivity contribution in [1.29, 1.82) is 0 Å². The summed E-state index contributed by atoms with van der Waals surface area (Å²) >= 11 is 1.52. The molecule has 1 aromatic heterocycles. The Labute approximate surface area is 163 Å². The van der Waals surface area contributed by atoms with Gasteiger partial charge in [0, 0.05) is 37.4 Å². The molecule has 1 amide bonds. The summed E-state index contributed by atoms with van der Waals surface area (Å²) in [5.74, 6) is 0.486. The molecule has 1 aromatic carbocycles. The highest BCUT2D eigenvalue weighted by molar-refractivity contribution is 7.89. The molecule has 0 aliphatic carbocycles. The first-order valence-electron chi connectivity index (χ1n) is 8.73. The first kappa shape index (κ1) is 19.8. The Kier molecular flexibility index (Phi) is 6.13. The number of rotatable bonds is 6. The van der Waals surface area contributed by atoms with E-state index in [0.717, 1.165) is 23.5 Å². The fraction of sp³-hybridized carbons (Fsp3) is 0.444. The molecule has 1 N–H and O–H groups in total. The molecule has 146 valence electrons. The first-order valence-corrected chi connectivity index (χ1v) is 11.0. The molecule has 0 saturated carbocycles. The number of piperidine rings is 1. The number of carbonyl (C=O) groups is 1. The van der Waals surface area contributed by atoms with Gasteiger partial charge in [-0.15, -0.1) is 11.3 Å². The second-order valence-corrected chi connectivity index (χ2v) is 9.30. The molecule has 1 fully saturated rings. The number of methoxy groups -OCH3 is 1. The van der Waals surface area contributed by atoms with Gasteiger partial charge in [0.2, 0.25) is 15.9 Å². The summed E-state index contributed by atoms with van der Waals surface area (Å²) in [6.07, 6.45) is 1.69. The molecule has 7 nitrogen and oxygen atoms in total. The van der Waals surface area contributed by atoms with E-state index >= 15 is 0 Å². The van der Waals surface area contributed by atoms with Crippen molar-refractivity contribution in [2.75, 3.05) is 20.2 Å². The van der Waals surface area contributed by atoms with Gasteiger partial charge in [0.05, 0.1) is 29.3 Å². The van der Waals surface area contributed by atoms with Crippen LogP contribution in [0.3, 0.4) is 0 Å². The lowest BCUT2D eigenvalue weighted by atomic mass is 10.0. The van der Waals surface area contributed by atoms with E-state index in [2.05, 4.69) is 10.3 Å². The van der Waals surface area contributed by atoms with Crippen molar-refractivity contribution >= 4 is 27.3 Å². The van der Waals surface area contributed by atoms with Crippen LogP contribution < -0.4 is 10.1 Å². The minimum Gasteiger partial charge on any atom is -0.497 e. The van der Waals surface area contributed by atoms with E-state index in [0.29, 0.717) is 25.4 Å². The van der Waals surface area contributed by atoms with Gasteiger partial charge in [-0.1, -0.05) is 6.07 Å². The Hall–Kier alpha value is -1.97. The van der Waals surface area contributed by atoms with Crippen LogP contribution in [-0.2, 0) is 21.4 Å². The van der Waals surface area contributed by atoms with Gasteiger partial charge in [-0.3, -0.25) is 4.79 Å². The van der Waals surface area contributed by atoms with E-state index in [1.165, 1.54) is 29.7 Å². The molecule has 27 heavy (non-hydrogen) atoms. The molecule has 0 radical (unpaired) electrons. The van der Waals surface area contributed by atoms with Crippen molar-refractivity contribution in [1.82, 2.24) is 14.6 Å². The lowest BCUT2D eigenvalue weighted by Gasteiger charge is -2.31. The van der Waals surface area contributed by atoms with Gasteiger partial charge in [-0.25, -0.2) is 13.4 Å². The van der Waals surface area contributed by atoms with E-state index in [4.69, 9.17) is 4.74 Å². The van der Waals surface area contributed by atoms with Crippen LogP contribution in [-0.4, -0.2) is 43.8 Å². The minimum atomic E-state index is -3.58. The molecule has 3 rings (SSSR count). The monoisotopic (exact) mass is 409 g/mol. The van der Waals surface area contributed by atoms with E-state index in [1.807, 2.05) is 5.38 Å². The van der Waals surface area contributed by atoms with Crippen molar-refractivity contribution < 1.29 is 17.9 Å². The Bertz CT molecular complexity index is 911. The maximum absolute atomic E-state index is 13.0. The highest BCUT2D eigenvalue weighted by Crippen LogP contribution is 2.32. The number of benzene rings is 1. The third-order valence-electron chi connectivity index (χ3n) is 4.50. The topological polar surface area (TPSA) is 88.6 Å². The zero-order chi connectivity index (χ0) is 19.4. The fourth-order valence-electron chi connectivity index (χ4n) is 3.08. The number of nitrogens with zero attached hydrogens (tertiary/aromatic N) is 2. The Morgan fingerprint density at radius 3 is 3.00 bits per heavy atom. The average molecular weight is 410 g/mol. The third kappa shape index (κ3) is 4.66. The molecule has 1 aliphatic rings. The highest BCUT2D eigenvalue weighted by Gasteiger charge is 2.32. The van der Waals surface area contributed by atoms with Crippen LogP contribution in [0.1, 0.15) is 36.4 Å². The van der Waals surface area contributed by atoms with Crippen LogP contribution in [0.4, 0.5) is 0 Å². The summed E-state index contributed by atoms with van der Waals surface area (Å²) in [5, 5.41) is 5.57. The number of thiazole rings is 1. The smallest absolute Gasteiger partial charge is 0.243 e. The number of amides is 1. The summed E-state index contributed by atoms with van der Waals surface area (Å²) in [6.45, 7) is 2.77. The SMILES string of the molecule is COc1cccc(S(=O)(=O)N2CCC[C@H](c3nc(CNC(C)=O)cs3)C2)c1. The van der Waals surface area contributed by atoms with Crippen LogP contribution >= 0.6 is 11.3 Å². The van der Waals surface area contributed by atoms with Crippen LogP contribution in [0.2, 0.25) is 0 Å². The van der Waals surface area contributed by atoms with Crippen LogP contribution in [0, 0.1) is 0 Å². The maximum atomic E-state index is 13.0. The maximum Gasteiger partial charge on any atom is 0.243 e. The molecule has 0 unspecified atom stereocenters. The first-order chi connectivity index (χ1) is 12.9. The summed E-state index contributed by atoms with van der Waals surface area (Å²) in [7, 11) is -2.06. The van der Waals surface area contributed by atoms with Crippen molar-refractivity contribution in [2.45, 2.75) is 37.1 Å². The molecule has 2 aromatic rings. The number of carbonyl (C=O) groups excluding carboxylic acids is 1. The molecule has 1 aliphatic heterocycles. The summed E-state index contributed by atoms with van der Waals surface area (Å²) < 4.78 is 32.7. The van der Waals surface area contributed by atoms with E-state index in [1.54, 1.807) is 24.3 Å². The van der Waals surface area contributed by atoms with Crippen molar-refractivity contribution in [3.63, 3.8) is 0 Å². The van der Waals surface area contributed by atoms with Crippen LogP contribution in [0.15, 0.2) is 34.5 Å². The number of ether oxygens (including phenoxy) is 1. The van der Waals surface area contributed by atoms with Gasteiger partial charge in [0.1, 0.15) is 5.75 Å². The van der Waals surface area contributed by atoms with Gasteiger partial charge >= 0.3 is 0 Å². The van der Waals surface area contributed by atoms with Gasteiger partial charge in [0.15, 0.2) is 0 Å². The molecule has 2 heterocycles. The molecule has 0 spiro atoms. The zero-order valence-corrected chi connectivity index (χ0v) is 17.0. The average Bonchev–Trinajstić information content (AvgIpc) is 3.15. The Morgan fingerprint density at radius 2 is 2.26 bits per heavy atom. The van der Waals surface area contributed by atoms with E-state index in [9.17, 15) is 13.2 Å². The third-order valence-corrected chi connectivity index (χ3v) is 7.42. The largest absolute Gasteiger partial charge is 0.497 e. The minimum absolute atomic E-state index is 0.0650.